The van der Waals surface area contributed by atoms with Crippen LogP contribution in [0.15, 0.2) is 42.5 Å². The summed E-state index contributed by atoms with van der Waals surface area (Å²) >= 11 is 6.20. The minimum Gasteiger partial charge on any atom is -0.491 e. The molecule has 1 unspecified atom stereocenters. The molecule has 1 atom stereocenters. The van der Waals surface area contributed by atoms with Gasteiger partial charge in [0.05, 0.1) is 17.5 Å². The van der Waals surface area contributed by atoms with Gasteiger partial charge in [0.1, 0.15) is 18.5 Å². The second-order valence-corrected chi connectivity index (χ2v) is 9.24. The van der Waals surface area contributed by atoms with Crippen molar-refractivity contribution in [2.45, 2.75) is 50.3 Å². The SMILES string of the molecule is Cc1cc(C2(C(=O)N3CCCOC(COc4ccc(C(F)(F)F)cc4)C3)CCC2)ccc1Cl. The average Bonchev–Trinajstić information content (AvgIpc) is 2.99. The summed E-state index contributed by atoms with van der Waals surface area (Å²) in [6.07, 6.45) is -1.42. The zero-order valence-electron chi connectivity index (χ0n) is 18.5. The highest BCUT2D eigenvalue weighted by atomic mass is 35.5. The van der Waals surface area contributed by atoms with Crippen LogP contribution in [0.25, 0.3) is 0 Å². The van der Waals surface area contributed by atoms with Gasteiger partial charge in [0, 0.05) is 18.2 Å². The molecule has 1 saturated carbocycles. The van der Waals surface area contributed by atoms with Crippen LogP contribution in [0.4, 0.5) is 13.2 Å². The maximum absolute atomic E-state index is 13.7. The van der Waals surface area contributed by atoms with Crippen molar-refractivity contribution in [1.82, 2.24) is 4.90 Å². The third kappa shape index (κ3) is 5.14. The van der Waals surface area contributed by atoms with Crippen LogP contribution in [0.3, 0.4) is 0 Å². The first-order valence-electron chi connectivity index (χ1n) is 11.2. The lowest BCUT2D eigenvalue weighted by atomic mass is 9.63. The zero-order valence-corrected chi connectivity index (χ0v) is 19.2. The lowest BCUT2D eigenvalue weighted by Gasteiger charge is -2.44. The van der Waals surface area contributed by atoms with Crippen LogP contribution < -0.4 is 4.74 Å². The topological polar surface area (TPSA) is 38.8 Å². The highest BCUT2D eigenvalue weighted by molar-refractivity contribution is 6.31. The third-order valence-corrected chi connectivity index (χ3v) is 7.01. The van der Waals surface area contributed by atoms with E-state index in [-0.39, 0.29) is 18.6 Å². The molecule has 0 spiro atoms. The Labute approximate surface area is 196 Å². The molecule has 4 rings (SSSR count). The van der Waals surface area contributed by atoms with E-state index in [4.69, 9.17) is 21.1 Å². The molecular formula is C25H27ClF3NO3. The largest absolute Gasteiger partial charge is 0.491 e. The van der Waals surface area contributed by atoms with Crippen LogP contribution in [0.2, 0.25) is 5.02 Å². The van der Waals surface area contributed by atoms with Crippen molar-refractivity contribution in [2.24, 2.45) is 0 Å². The molecule has 2 aliphatic rings. The summed E-state index contributed by atoms with van der Waals surface area (Å²) in [4.78, 5) is 15.6. The van der Waals surface area contributed by atoms with Gasteiger partial charge >= 0.3 is 6.18 Å². The van der Waals surface area contributed by atoms with E-state index in [0.29, 0.717) is 30.5 Å². The van der Waals surface area contributed by atoms with Gasteiger partial charge in [-0.05, 0) is 67.6 Å². The Hall–Kier alpha value is -2.25. The minimum atomic E-state index is -4.39. The second kappa shape index (κ2) is 9.55. The average molecular weight is 482 g/mol. The van der Waals surface area contributed by atoms with E-state index in [9.17, 15) is 18.0 Å². The number of halogens is 4. The third-order valence-electron chi connectivity index (χ3n) is 6.58. The Kier molecular flexibility index (Phi) is 6.91. The monoisotopic (exact) mass is 481 g/mol. The van der Waals surface area contributed by atoms with Crippen molar-refractivity contribution < 1.29 is 27.4 Å². The molecule has 1 amide bonds. The van der Waals surface area contributed by atoms with E-state index < -0.39 is 17.2 Å². The van der Waals surface area contributed by atoms with E-state index in [1.165, 1.54) is 12.1 Å². The second-order valence-electron chi connectivity index (χ2n) is 8.83. The van der Waals surface area contributed by atoms with E-state index >= 15 is 0 Å². The predicted octanol–water partition coefficient (Wildman–Crippen LogP) is 5.79. The summed E-state index contributed by atoms with van der Waals surface area (Å²) < 4.78 is 49.8. The van der Waals surface area contributed by atoms with Gasteiger partial charge in [-0.25, -0.2) is 0 Å². The van der Waals surface area contributed by atoms with Gasteiger partial charge in [-0.2, -0.15) is 13.2 Å². The molecule has 33 heavy (non-hydrogen) atoms. The lowest BCUT2D eigenvalue weighted by Crippen LogP contribution is -2.53. The molecule has 4 nitrogen and oxygen atoms in total. The van der Waals surface area contributed by atoms with Gasteiger partial charge in [0.2, 0.25) is 5.91 Å². The van der Waals surface area contributed by atoms with Crippen LogP contribution in [-0.2, 0) is 21.1 Å². The van der Waals surface area contributed by atoms with Gasteiger partial charge in [0.25, 0.3) is 0 Å². The summed E-state index contributed by atoms with van der Waals surface area (Å²) in [6.45, 7) is 3.58. The number of amides is 1. The molecule has 1 aliphatic carbocycles. The van der Waals surface area contributed by atoms with E-state index in [1.54, 1.807) is 0 Å². The standard InChI is InChI=1S/C25H27ClF3NO3/c1-17-14-19(6-9-22(17)26)24(10-2-11-24)23(31)30-12-3-13-32-21(15-30)16-33-20-7-4-18(5-8-20)25(27,28)29/h4-9,14,21H,2-3,10-13,15-16H2,1H3. The molecule has 0 radical (unpaired) electrons. The molecular weight excluding hydrogens is 455 g/mol. The smallest absolute Gasteiger partial charge is 0.416 e. The number of alkyl halides is 3. The van der Waals surface area contributed by atoms with E-state index in [2.05, 4.69) is 0 Å². The van der Waals surface area contributed by atoms with Crippen LogP contribution in [0.1, 0.15) is 42.4 Å². The van der Waals surface area contributed by atoms with Crippen LogP contribution in [0, 0.1) is 6.92 Å². The van der Waals surface area contributed by atoms with Gasteiger partial charge in [-0.15, -0.1) is 0 Å². The summed E-state index contributed by atoms with van der Waals surface area (Å²) in [5.74, 6) is 0.432. The maximum atomic E-state index is 13.7. The van der Waals surface area contributed by atoms with Crippen molar-refractivity contribution in [3.8, 4) is 5.75 Å². The van der Waals surface area contributed by atoms with E-state index in [1.807, 2.05) is 30.0 Å². The summed E-state index contributed by atoms with van der Waals surface area (Å²) in [5, 5.41) is 0.685. The fraction of sp³-hybridized carbons (Fsp3) is 0.480. The molecule has 0 bridgehead atoms. The maximum Gasteiger partial charge on any atom is 0.416 e. The quantitative estimate of drug-likeness (QED) is 0.543. The molecule has 2 aromatic rings. The molecule has 2 aromatic carbocycles. The first-order valence-corrected chi connectivity index (χ1v) is 11.5. The number of hydrogen-bond donors (Lipinski definition) is 0. The number of nitrogens with zero attached hydrogens (tertiary/aromatic N) is 1. The van der Waals surface area contributed by atoms with Crippen molar-refractivity contribution in [3.05, 3.63) is 64.2 Å². The molecule has 178 valence electrons. The Morgan fingerprint density at radius 1 is 1.18 bits per heavy atom. The van der Waals surface area contributed by atoms with Crippen molar-refractivity contribution in [3.63, 3.8) is 0 Å². The van der Waals surface area contributed by atoms with Crippen molar-refractivity contribution >= 4 is 17.5 Å². The highest BCUT2D eigenvalue weighted by Crippen LogP contribution is 2.46. The van der Waals surface area contributed by atoms with Crippen LogP contribution >= 0.6 is 11.6 Å². The number of hydrogen-bond acceptors (Lipinski definition) is 3. The first kappa shape index (κ1) is 23.9. The Morgan fingerprint density at radius 3 is 2.52 bits per heavy atom. The first-order chi connectivity index (χ1) is 15.7. The summed E-state index contributed by atoms with van der Waals surface area (Å²) in [5.41, 5.74) is 0.706. The van der Waals surface area contributed by atoms with Crippen LogP contribution in [0.5, 0.6) is 5.75 Å². The number of carbonyl (C=O) groups is 1. The van der Waals surface area contributed by atoms with Crippen molar-refractivity contribution in [1.29, 1.82) is 0 Å². The Bertz CT molecular complexity index is 989. The molecule has 1 aliphatic heterocycles. The normalized spacial score (nSPS) is 20.6. The Morgan fingerprint density at radius 2 is 1.91 bits per heavy atom. The number of rotatable bonds is 5. The fourth-order valence-corrected chi connectivity index (χ4v) is 4.63. The number of benzene rings is 2. The van der Waals surface area contributed by atoms with Crippen molar-refractivity contribution in [2.75, 3.05) is 26.3 Å². The van der Waals surface area contributed by atoms with Gasteiger partial charge in [-0.1, -0.05) is 30.2 Å². The molecule has 1 heterocycles. The Balaban J connectivity index is 1.43. The molecule has 2 fully saturated rings. The molecule has 8 heteroatoms. The fourth-order valence-electron chi connectivity index (χ4n) is 4.51. The zero-order chi connectivity index (χ0) is 23.6. The predicted molar refractivity (Wildman–Crippen MR) is 120 cm³/mol. The molecule has 0 N–H and O–H groups in total. The lowest BCUT2D eigenvalue weighted by molar-refractivity contribution is -0.142. The van der Waals surface area contributed by atoms with Gasteiger partial charge in [0.15, 0.2) is 0 Å². The van der Waals surface area contributed by atoms with Gasteiger partial charge < -0.3 is 14.4 Å². The number of carbonyl (C=O) groups excluding carboxylic acids is 1. The molecule has 0 aromatic heterocycles. The minimum absolute atomic E-state index is 0.0977. The van der Waals surface area contributed by atoms with E-state index in [0.717, 1.165) is 48.9 Å². The number of aryl methyl sites for hydroxylation is 1. The highest BCUT2D eigenvalue weighted by Gasteiger charge is 2.48. The van der Waals surface area contributed by atoms with Gasteiger partial charge in [-0.3, -0.25) is 4.79 Å². The molecule has 1 saturated heterocycles. The number of ether oxygens (including phenoxy) is 2. The summed E-state index contributed by atoms with van der Waals surface area (Å²) in [7, 11) is 0. The van der Waals surface area contributed by atoms with Crippen LogP contribution in [-0.4, -0.2) is 43.2 Å². The summed E-state index contributed by atoms with van der Waals surface area (Å²) in [6, 6.07) is 10.4.